The lowest BCUT2D eigenvalue weighted by Crippen LogP contribution is -2.33. The van der Waals surface area contributed by atoms with Crippen molar-refractivity contribution >= 4 is 32.1 Å². The fourth-order valence-electron chi connectivity index (χ4n) is 2.58. The number of fused-ring (bicyclic) bond motifs is 1. The molecule has 1 aliphatic heterocycles. The van der Waals surface area contributed by atoms with Crippen molar-refractivity contribution in [2.75, 3.05) is 25.5 Å². The van der Waals surface area contributed by atoms with Crippen molar-refractivity contribution in [1.29, 1.82) is 0 Å². The van der Waals surface area contributed by atoms with E-state index in [0.717, 1.165) is 25.7 Å². The molecule has 0 aromatic carbocycles. The van der Waals surface area contributed by atoms with Crippen LogP contribution in [-0.2, 0) is 10.0 Å². The summed E-state index contributed by atoms with van der Waals surface area (Å²) in [5, 5.41) is 5.01. The zero-order chi connectivity index (χ0) is 14.2. The lowest BCUT2D eigenvalue weighted by Gasteiger charge is -2.19. The van der Waals surface area contributed by atoms with Crippen molar-refractivity contribution in [3.63, 3.8) is 0 Å². The van der Waals surface area contributed by atoms with Crippen LogP contribution < -0.4 is 5.32 Å². The summed E-state index contributed by atoms with van der Waals surface area (Å²) in [7, 11) is -1.80. The van der Waals surface area contributed by atoms with Crippen LogP contribution in [0.15, 0.2) is 16.6 Å². The van der Waals surface area contributed by atoms with E-state index in [-0.39, 0.29) is 5.03 Å². The molecule has 110 valence electrons. The number of thiazole rings is 1. The number of imidazole rings is 1. The molecule has 1 aliphatic rings. The molecule has 20 heavy (non-hydrogen) atoms. The maximum Gasteiger partial charge on any atom is 0.262 e. The molecule has 0 unspecified atom stereocenters. The highest BCUT2D eigenvalue weighted by Crippen LogP contribution is 2.29. The van der Waals surface area contributed by atoms with E-state index in [1.807, 2.05) is 5.38 Å². The molecule has 1 fully saturated rings. The molecule has 0 atom stereocenters. The number of aromatic nitrogens is 2. The molecule has 0 saturated carbocycles. The second kappa shape index (κ2) is 5.34. The summed E-state index contributed by atoms with van der Waals surface area (Å²) < 4.78 is 29.1. The van der Waals surface area contributed by atoms with E-state index in [2.05, 4.69) is 10.3 Å². The van der Waals surface area contributed by atoms with Gasteiger partial charge in [0.1, 0.15) is 0 Å². The van der Waals surface area contributed by atoms with Gasteiger partial charge in [-0.05, 0) is 12.8 Å². The Labute approximate surface area is 122 Å². The predicted octanol–water partition coefficient (Wildman–Crippen LogP) is 2.00. The molecular formula is C12H18N4O2S2. The monoisotopic (exact) mass is 314 g/mol. The molecule has 0 aliphatic carbocycles. The summed E-state index contributed by atoms with van der Waals surface area (Å²) in [6.07, 6.45) is 5.83. The van der Waals surface area contributed by atoms with Gasteiger partial charge in [-0.2, -0.15) is 4.31 Å². The number of hydrogen-bond donors (Lipinski definition) is 1. The molecule has 0 spiro atoms. The van der Waals surface area contributed by atoms with Crippen LogP contribution in [-0.4, -0.2) is 42.2 Å². The Kier molecular flexibility index (Phi) is 3.70. The highest BCUT2D eigenvalue weighted by Gasteiger charge is 2.31. The van der Waals surface area contributed by atoms with Crippen LogP contribution in [0.5, 0.6) is 0 Å². The van der Waals surface area contributed by atoms with Crippen molar-refractivity contribution in [3.05, 3.63) is 11.6 Å². The first kappa shape index (κ1) is 13.8. The van der Waals surface area contributed by atoms with E-state index < -0.39 is 10.0 Å². The van der Waals surface area contributed by atoms with Crippen LogP contribution in [0.25, 0.3) is 4.96 Å². The first-order valence-electron chi connectivity index (χ1n) is 6.78. The van der Waals surface area contributed by atoms with E-state index in [0.29, 0.717) is 23.9 Å². The zero-order valence-corrected chi connectivity index (χ0v) is 13.0. The fraction of sp³-hybridized carbons (Fsp3) is 0.583. The molecule has 0 amide bonds. The fourth-order valence-corrected chi connectivity index (χ4v) is 5.12. The third-order valence-corrected chi connectivity index (χ3v) is 6.28. The lowest BCUT2D eigenvalue weighted by atomic mass is 10.2. The van der Waals surface area contributed by atoms with Gasteiger partial charge in [0.05, 0.1) is 0 Å². The third kappa shape index (κ3) is 2.21. The normalized spacial score (nSPS) is 18.2. The van der Waals surface area contributed by atoms with Crippen LogP contribution in [0, 0.1) is 0 Å². The smallest absolute Gasteiger partial charge is 0.262 e. The van der Waals surface area contributed by atoms with Crippen LogP contribution >= 0.6 is 11.3 Å². The van der Waals surface area contributed by atoms with Crippen molar-refractivity contribution in [1.82, 2.24) is 13.7 Å². The Bertz CT molecular complexity index is 696. The van der Waals surface area contributed by atoms with Crippen molar-refractivity contribution < 1.29 is 8.42 Å². The Morgan fingerprint density at radius 3 is 2.60 bits per heavy atom. The van der Waals surface area contributed by atoms with E-state index >= 15 is 0 Å². The van der Waals surface area contributed by atoms with Crippen molar-refractivity contribution in [2.24, 2.45) is 0 Å². The van der Waals surface area contributed by atoms with Gasteiger partial charge in [0.15, 0.2) is 15.8 Å². The highest BCUT2D eigenvalue weighted by molar-refractivity contribution is 7.89. The van der Waals surface area contributed by atoms with Gasteiger partial charge in [-0.3, -0.25) is 4.40 Å². The molecule has 0 bridgehead atoms. The number of sulfonamides is 1. The van der Waals surface area contributed by atoms with E-state index in [1.165, 1.54) is 11.3 Å². The number of nitrogens with zero attached hydrogens (tertiary/aromatic N) is 3. The lowest BCUT2D eigenvalue weighted by molar-refractivity contribution is 0.421. The van der Waals surface area contributed by atoms with Crippen LogP contribution in [0.4, 0.5) is 5.82 Å². The van der Waals surface area contributed by atoms with Crippen LogP contribution in [0.2, 0.25) is 0 Å². The molecule has 0 radical (unpaired) electrons. The Morgan fingerprint density at radius 2 is 1.95 bits per heavy atom. The summed E-state index contributed by atoms with van der Waals surface area (Å²) in [6.45, 7) is 1.20. The summed E-state index contributed by atoms with van der Waals surface area (Å²) in [5.74, 6) is 0.432. The van der Waals surface area contributed by atoms with Gasteiger partial charge >= 0.3 is 0 Å². The van der Waals surface area contributed by atoms with Gasteiger partial charge in [0, 0.05) is 31.7 Å². The Hall–Kier alpha value is -1.12. The SMILES string of the molecule is CNc1nc2sccn2c1S(=O)(=O)N1CCCCCC1. The van der Waals surface area contributed by atoms with Gasteiger partial charge < -0.3 is 5.32 Å². The Balaban J connectivity index is 2.09. The molecule has 3 rings (SSSR count). The van der Waals surface area contributed by atoms with Gasteiger partial charge in [0.25, 0.3) is 10.0 Å². The number of hydrogen-bond acceptors (Lipinski definition) is 5. The quantitative estimate of drug-likeness (QED) is 0.941. The average Bonchev–Trinajstić information content (AvgIpc) is 2.87. The van der Waals surface area contributed by atoms with E-state index in [1.54, 1.807) is 22.0 Å². The number of rotatable bonds is 3. The molecule has 8 heteroatoms. The molecule has 1 saturated heterocycles. The highest BCUT2D eigenvalue weighted by atomic mass is 32.2. The van der Waals surface area contributed by atoms with E-state index in [9.17, 15) is 8.42 Å². The van der Waals surface area contributed by atoms with Crippen molar-refractivity contribution in [3.8, 4) is 0 Å². The summed E-state index contributed by atoms with van der Waals surface area (Å²) in [5.41, 5.74) is 0. The molecule has 2 aromatic rings. The maximum absolute atomic E-state index is 12.9. The topological polar surface area (TPSA) is 66.7 Å². The molecule has 6 nitrogen and oxygen atoms in total. The van der Waals surface area contributed by atoms with E-state index in [4.69, 9.17) is 0 Å². The number of nitrogens with one attached hydrogen (secondary N) is 1. The second-order valence-electron chi connectivity index (χ2n) is 4.89. The maximum atomic E-state index is 12.9. The minimum absolute atomic E-state index is 0.262. The predicted molar refractivity (Wildman–Crippen MR) is 79.8 cm³/mol. The van der Waals surface area contributed by atoms with Crippen LogP contribution in [0.1, 0.15) is 25.7 Å². The second-order valence-corrected chi connectivity index (χ2v) is 7.62. The largest absolute Gasteiger partial charge is 0.371 e. The van der Waals surface area contributed by atoms with Gasteiger partial charge in [-0.1, -0.05) is 12.8 Å². The summed E-state index contributed by atoms with van der Waals surface area (Å²) in [4.78, 5) is 5.04. The first-order valence-corrected chi connectivity index (χ1v) is 9.10. The molecule has 1 N–H and O–H groups in total. The average molecular weight is 314 g/mol. The summed E-state index contributed by atoms with van der Waals surface area (Å²) in [6, 6.07) is 0. The summed E-state index contributed by atoms with van der Waals surface area (Å²) >= 11 is 1.43. The van der Waals surface area contributed by atoms with Crippen molar-refractivity contribution in [2.45, 2.75) is 30.7 Å². The third-order valence-electron chi connectivity index (χ3n) is 3.60. The number of anilines is 1. The first-order chi connectivity index (χ1) is 9.64. The zero-order valence-electron chi connectivity index (χ0n) is 11.4. The molecular weight excluding hydrogens is 296 g/mol. The standard InChI is InChI=1S/C12H18N4O2S2/c1-13-10-11(16-8-9-19-12(16)14-10)20(17,18)15-6-4-2-3-5-7-15/h8-9,13H,2-7H2,1H3. The van der Waals surface area contributed by atoms with Gasteiger partial charge in [-0.15, -0.1) is 11.3 Å². The minimum Gasteiger partial charge on any atom is -0.371 e. The van der Waals surface area contributed by atoms with Gasteiger partial charge in [-0.25, -0.2) is 13.4 Å². The van der Waals surface area contributed by atoms with Gasteiger partial charge in [0.2, 0.25) is 0 Å². The van der Waals surface area contributed by atoms with Crippen LogP contribution in [0.3, 0.4) is 0 Å². The minimum atomic E-state index is -3.50. The molecule has 2 aromatic heterocycles. The Morgan fingerprint density at radius 1 is 1.25 bits per heavy atom. The molecule has 3 heterocycles.